The Bertz CT molecular complexity index is 530. The second-order valence-corrected chi connectivity index (χ2v) is 4.83. The van der Waals surface area contributed by atoms with Gasteiger partial charge >= 0.3 is 5.69 Å². The van der Waals surface area contributed by atoms with Crippen LogP contribution in [-0.4, -0.2) is 17.1 Å². The zero-order valence-corrected chi connectivity index (χ0v) is 11.9. The molecule has 1 unspecified atom stereocenters. The third-order valence-corrected chi connectivity index (χ3v) is 3.31. The van der Waals surface area contributed by atoms with Gasteiger partial charge in [0.25, 0.3) is 0 Å². The van der Waals surface area contributed by atoms with Gasteiger partial charge in [-0.05, 0) is 25.3 Å². The number of halogens is 1. The molecule has 0 heterocycles. The summed E-state index contributed by atoms with van der Waals surface area (Å²) < 4.78 is 5.38. The van der Waals surface area contributed by atoms with E-state index in [0.717, 1.165) is 0 Å². The van der Waals surface area contributed by atoms with Crippen LogP contribution >= 0.6 is 11.6 Å². The Morgan fingerprint density at radius 1 is 1.60 bits per heavy atom. The molecule has 0 aliphatic rings. The van der Waals surface area contributed by atoms with Gasteiger partial charge in [0.05, 0.1) is 22.6 Å². The molecule has 108 valence electrons. The van der Waals surface area contributed by atoms with Crippen molar-refractivity contribution in [3.8, 4) is 11.8 Å². The maximum absolute atomic E-state index is 10.9. The summed E-state index contributed by atoms with van der Waals surface area (Å²) in [4.78, 5) is 10.3. The molecule has 0 fully saturated rings. The predicted octanol–water partition coefficient (Wildman–Crippen LogP) is 3.04. The highest BCUT2D eigenvalue weighted by Crippen LogP contribution is 2.34. The van der Waals surface area contributed by atoms with Crippen LogP contribution in [0.25, 0.3) is 0 Å². The van der Waals surface area contributed by atoms with Gasteiger partial charge in [-0.1, -0.05) is 24.6 Å². The number of ether oxygens (including phenoxy) is 1. The molecular formula is C13H16ClN3O3. The molecule has 0 bridgehead atoms. The Labute approximate surface area is 122 Å². The molecule has 1 aromatic rings. The SMILES string of the molecule is CCC(N)(C#N)CCCOc1c(Cl)cccc1[N+](=O)[O-]. The van der Waals surface area contributed by atoms with E-state index in [1.807, 2.05) is 6.92 Å². The number of nitrogens with two attached hydrogens (primary N) is 1. The largest absolute Gasteiger partial charge is 0.486 e. The fraction of sp³-hybridized carbons (Fsp3) is 0.462. The van der Waals surface area contributed by atoms with E-state index < -0.39 is 10.5 Å². The van der Waals surface area contributed by atoms with Crippen molar-refractivity contribution in [2.45, 2.75) is 31.7 Å². The fourth-order valence-electron chi connectivity index (χ4n) is 1.66. The van der Waals surface area contributed by atoms with Crippen molar-refractivity contribution in [3.05, 3.63) is 33.3 Å². The minimum Gasteiger partial charge on any atom is -0.486 e. The number of nitrogens with zero attached hydrogens (tertiary/aromatic N) is 2. The van der Waals surface area contributed by atoms with Crippen LogP contribution in [0.1, 0.15) is 26.2 Å². The van der Waals surface area contributed by atoms with Crippen LogP contribution in [0.15, 0.2) is 18.2 Å². The van der Waals surface area contributed by atoms with Crippen molar-refractivity contribution < 1.29 is 9.66 Å². The Hall–Kier alpha value is -1.84. The van der Waals surface area contributed by atoms with Crippen molar-refractivity contribution in [2.24, 2.45) is 5.73 Å². The number of nitriles is 1. The highest BCUT2D eigenvalue weighted by molar-refractivity contribution is 6.32. The first kappa shape index (κ1) is 16.2. The number of nitro groups is 1. The molecule has 2 N–H and O–H groups in total. The number of hydrogen-bond donors (Lipinski definition) is 1. The fourth-order valence-corrected chi connectivity index (χ4v) is 1.88. The summed E-state index contributed by atoms with van der Waals surface area (Å²) in [6.45, 7) is 2.05. The molecule has 0 spiro atoms. The average Bonchev–Trinajstić information content (AvgIpc) is 2.44. The van der Waals surface area contributed by atoms with Crippen molar-refractivity contribution in [2.75, 3.05) is 6.61 Å². The smallest absolute Gasteiger partial charge is 0.312 e. The second kappa shape index (κ2) is 7.08. The predicted molar refractivity (Wildman–Crippen MR) is 75.7 cm³/mol. The summed E-state index contributed by atoms with van der Waals surface area (Å²) in [5, 5.41) is 20.0. The molecular weight excluding hydrogens is 282 g/mol. The maximum atomic E-state index is 10.9. The summed E-state index contributed by atoms with van der Waals surface area (Å²) in [7, 11) is 0. The van der Waals surface area contributed by atoms with E-state index in [2.05, 4.69) is 6.07 Å². The molecule has 0 aliphatic heterocycles. The summed E-state index contributed by atoms with van der Waals surface area (Å²) >= 11 is 5.89. The maximum Gasteiger partial charge on any atom is 0.312 e. The number of rotatable bonds is 7. The zero-order valence-electron chi connectivity index (χ0n) is 11.1. The van der Waals surface area contributed by atoms with Crippen LogP contribution in [0.3, 0.4) is 0 Å². The molecule has 0 saturated heterocycles. The first-order valence-electron chi connectivity index (χ1n) is 6.19. The molecule has 0 aromatic heterocycles. The van der Waals surface area contributed by atoms with E-state index in [1.165, 1.54) is 18.2 Å². The van der Waals surface area contributed by atoms with Gasteiger partial charge in [-0.3, -0.25) is 10.1 Å². The minimum atomic E-state index is -0.879. The van der Waals surface area contributed by atoms with E-state index in [-0.39, 0.29) is 23.1 Å². The quantitative estimate of drug-likeness (QED) is 0.473. The Morgan fingerprint density at radius 2 is 2.30 bits per heavy atom. The lowest BCUT2D eigenvalue weighted by Gasteiger charge is -2.19. The number of para-hydroxylation sites is 1. The van der Waals surface area contributed by atoms with Crippen LogP contribution in [-0.2, 0) is 0 Å². The molecule has 1 atom stereocenters. The van der Waals surface area contributed by atoms with E-state index in [0.29, 0.717) is 19.3 Å². The molecule has 1 rings (SSSR count). The number of benzene rings is 1. The molecule has 0 saturated carbocycles. The van der Waals surface area contributed by atoms with E-state index in [4.69, 9.17) is 27.3 Å². The standard InChI is InChI=1S/C13H16ClN3O3/c1-2-13(16,9-15)7-4-8-20-12-10(14)5-3-6-11(12)17(18)19/h3,5-6H,2,4,7-8,16H2,1H3. The molecule has 1 aromatic carbocycles. The molecule has 6 nitrogen and oxygen atoms in total. The van der Waals surface area contributed by atoms with E-state index in [9.17, 15) is 10.1 Å². The van der Waals surface area contributed by atoms with Crippen molar-refractivity contribution in [3.63, 3.8) is 0 Å². The van der Waals surface area contributed by atoms with Gasteiger partial charge in [0.1, 0.15) is 5.54 Å². The van der Waals surface area contributed by atoms with Crippen LogP contribution < -0.4 is 10.5 Å². The topological polar surface area (TPSA) is 102 Å². The van der Waals surface area contributed by atoms with Gasteiger partial charge < -0.3 is 10.5 Å². The van der Waals surface area contributed by atoms with E-state index >= 15 is 0 Å². The van der Waals surface area contributed by atoms with Crippen LogP contribution in [0.4, 0.5) is 5.69 Å². The summed E-state index contributed by atoms with van der Waals surface area (Å²) in [6.07, 6.45) is 1.51. The van der Waals surface area contributed by atoms with Crippen LogP contribution in [0.5, 0.6) is 5.75 Å². The van der Waals surface area contributed by atoms with E-state index in [1.54, 1.807) is 0 Å². The van der Waals surface area contributed by atoms with Gasteiger partial charge in [0.15, 0.2) is 0 Å². The molecule has 7 heteroatoms. The summed E-state index contributed by atoms with van der Waals surface area (Å²) in [5.41, 5.74) is 4.78. The highest BCUT2D eigenvalue weighted by Gasteiger charge is 2.22. The Balaban J connectivity index is 2.64. The molecule has 0 amide bonds. The minimum absolute atomic E-state index is 0.0512. The first-order chi connectivity index (χ1) is 9.43. The van der Waals surface area contributed by atoms with Gasteiger partial charge in [-0.25, -0.2) is 0 Å². The summed E-state index contributed by atoms with van der Waals surface area (Å²) in [5.74, 6) is 0.0512. The zero-order chi connectivity index (χ0) is 15.2. The van der Waals surface area contributed by atoms with Crippen molar-refractivity contribution >= 4 is 17.3 Å². The number of nitro benzene ring substituents is 1. The Morgan fingerprint density at radius 3 is 2.85 bits per heavy atom. The average molecular weight is 298 g/mol. The molecule has 0 aliphatic carbocycles. The lowest BCUT2D eigenvalue weighted by atomic mass is 9.94. The lowest BCUT2D eigenvalue weighted by Crippen LogP contribution is -2.37. The van der Waals surface area contributed by atoms with Gasteiger partial charge in [-0.15, -0.1) is 0 Å². The van der Waals surface area contributed by atoms with Crippen molar-refractivity contribution in [1.82, 2.24) is 0 Å². The third-order valence-electron chi connectivity index (χ3n) is 3.01. The second-order valence-electron chi connectivity index (χ2n) is 4.42. The monoisotopic (exact) mass is 297 g/mol. The summed E-state index contributed by atoms with van der Waals surface area (Å²) in [6, 6.07) is 6.40. The highest BCUT2D eigenvalue weighted by atomic mass is 35.5. The number of hydrogen-bond acceptors (Lipinski definition) is 5. The molecule has 20 heavy (non-hydrogen) atoms. The normalized spacial score (nSPS) is 13.3. The van der Waals surface area contributed by atoms with Gasteiger partial charge in [-0.2, -0.15) is 5.26 Å². The van der Waals surface area contributed by atoms with Gasteiger partial charge in [0, 0.05) is 6.07 Å². The Kier molecular flexibility index (Phi) is 5.74. The van der Waals surface area contributed by atoms with Gasteiger partial charge in [0.2, 0.25) is 5.75 Å². The third kappa shape index (κ3) is 4.08. The van der Waals surface area contributed by atoms with Crippen LogP contribution in [0, 0.1) is 21.4 Å². The van der Waals surface area contributed by atoms with Crippen molar-refractivity contribution in [1.29, 1.82) is 5.26 Å². The first-order valence-corrected chi connectivity index (χ1v) is 6.57. The molecule has 0 radical (unpaired) electrons. The van der Waals surface area contributed by atoms with Crippen LogP contribution in [0.2, 0.25) is 5.02 Å². The lowest BCUT2D eigenvalue weighted by molar-refractivity contribution is -0.385.